The van der Waals surface area contributed by atoms with Crippen LogP contribution in [0.1, 0.15) is 44.1 Å². The Labute approximate surface area is 242 Å². The van der Waals surface area contributed by atoms with E-state index in [-0.39, 0.29) is 40.8 Å². The number of benzene rings is 2. The summed E-state index contributed by atoms with van der Waals surface area (Å²) in [6, 6.07) is 11.9. The predicted octanol–water partition coefficient (Wildman–Crippen LogP) is 4.98. The van der Waals surface area contributed by atoms with Gasteiger partial charge in [-0.3, -0.25) is 14.5 Å². The Kier molecular flexibility index (Phi) is 12.7. The number of aryl methyl sites for hydroxylation is 1. The van der Waals surface area contributed by atoms with Gasteiger partial charge in [0.15, 0.2) is 5.96 Å². The van der Waals surface area contributed by atoms with Crippen LogP contribution in [0, 0.1) is 18.3 Å². The highest BCUT2D eigenvalue weighted by molar-refractivity contribution is 7.93. The van der Waals surface area contributed by atoms with Crippen molar-refractivity contribution in [3.63, 3.8) is 0 Å². The van der Waals surface area contributed by atoms with Crippen molar-refractivity contribution in [2.45, 2.75) is 50.3 Å². The number of anilines is 1. The first kappa shape index (κ1) is 32.5. The molecule has 0 spiro atoms. The van der Waals surface area contributed by atoms with Crippen LogP contribution in [-0.2, 0) is 19.6 Å². The monoisotopic (exact) mass is 600 g/mol. The zero-order chi connectivity index (χ0) is 27.7. The number of guanidine groups is 1. The highest BCUT2D eigenvalue weighted by Crippen LogP contribution is 2.32. The average molecular weight is 602 g/mol. The number of hydrogen-bond acceptors (Lipinski definition) is 6. The Bertz CT molecular complexity index is 1220. The number of nitrogens with one attached hydrogen (secondary N) is 1. The molecule has 1 saturated heterocycles. The number of carbonyl (C=O) groups excluding carboxylic acids is 1. The molecule has 3 rings (SSSR count). The summed E-state index contributed by atoms with van der Waals surface area (Å²) in [4.78, 5) is 13.3. The van der Waals surface area contributed by atoms with Crippen LogP contribution >= 0.6 is 24.0 Å². The number of carbonyl (C=O) groups is 1. The third-order valence-electron chi connectivity index (χ3n) is 6.64. The van der Waals surface area contributed by atoms with E-state index in [1.165, 1.54) is 17.5 Å². The summed E-state index contributed by atoms with van der Waals surface area (Å²) < 4.78 is 39.8. The second kappa shape index (κ2) is 15.2. The van der Waals surface area contributed by atoms with Crippen LogP contribution in [0.15, 0.2) is 47.4 Å². The largest absolute Gasteiger partial charge is 0.493 e. The summed E-state index contributed by atoms with van der Waals surface area (Å²) in [6.07, 6.45) is 3.86. The lowest BCUT2D eigenvalue weighted by molar-refractivity contribution is -0.140. The van der Waals surface area contributed by atoms with Crippen LogP contribution < -0.4 is 14.8 Å². The van der Waals surface area contributed by atoms with E-state index in [0.717, 1.165) is 31.5 Å². The molecule has 3 N–H and O–H groups in total. The van der Waals surface area contributed by atoms with E-state index < -0.39 is 10.0 Å². The molecule has 1 heterocycles. The third-order valence-corrected chi connectivity index (χ3v) is 8.97. The summed E-state index contributed by atoms with van der Waals surface area (Å²) in [7, 11) is -2.61. The standard InChI is InChI=1S/C27H37ClN4O5S.ClH/c1-20-16-22(18-23(17-20)37-19-21-11-14-31(15-12-21)27(29)30)32(13-7-3-4-10-26(33)36-2)38(34,35)25-9-6-5-8-24(25)28;/h5-6,8-9,16-18,21H,3-4,7,10-15,19H2,1-2H3,(H3,29,30);1H. The molecule has 0 saturated carbocycles. The van der Waals surface area contributed by atoms with Gasteiger partial charge in [0.25, 0.3) is 10.0 Å². The summed E-state index contributed by atoms with van der Waals surface area (Å²) in [5, 5.41) is 7.75. The molecule has 0 bridgehead atoms. The van der Waals surface area contributed by atoms with Gasteiger partial charge in [-0.15, -0.1) is 12.4 Å². The van der Waals surface area contributed by atoms with Crippen LogP contribution in [0.25, 0.3) is 0 Å². The molecule has 216 valence electrons. The number of nitrogens with zero attached hydrogens (tertiary/aromatic N) is 2. The molecule has 1 aliphatic heterocycles. The molecular weight excluding hydrogens is 563 g/mol. The minimum Gasteiger partial charge on any atom is -0.493 e. The number of unbranched alkanes of at least 4 members (excludes halogenated alkanes) is 2. The van der Waals surface area contributed by atoms with E-state index >= 15 is 0 Å². The van der Waals surface area contributed by atoms with Crippen LogP contribution in [-0.4, -0.2) is 58.6 Å². The van der Waals surface area contributed by atoms with Crippen molar-refractivity contribution < 1.29 is 22.7 Å². The first-order valence-electron chi connectivity index (χ1n) is 12.8. The maximum absolute atomic E-state index is 13.8. The molecule has 12 heteroatoms. The maximum Gasteiger partial charge on any atom is 0.305 e. The normalized spacial score (nSPS) is 13.9. The Morgan fingerprint density at radius 2 is 1.85 bits per heavy atom. The van der Waals surface area contributed by atoms with Gasteiger partial charge in [-0.25, -0.2) is 8.42 Å². The topological polar surface area (TPSA) is 126 Å². The number of sulfonamides is 1. The Morgan fingerprint density at radius 3 is 2.49 bits per heavy atom. The first-order chi connectivity index (χ1) is 18.1. The van der Waals surface area contributed by atoms with Crippen LogP contribution in [0.2, 0.25) is 5.02 Å². The molecule has 2 aromatic carbocycles. The molecule has 0 atom stereocenters. The number of piperidine rings is 1. The molecule has 0 radical (unpaired) electrons. The van der Waals surface area contributed by atoms with Gasteiger partial charge in [-0.05, 0) is 68.4 Å². The predicted molar refractivity (Wildman–Crippen MR) is 157 cm³/mol. The number of esters is 1. The Morgan fingerprint density at radius 1 is 1.15 bits per heavy atom. The molecule has 0 unspecified atom stereocenters. The zero-order valence-electron chi connectivity index (χ0n) is 22.4. The van der Waals surface area contributed by atoms with Gasteiger partial charge in [0, 0.05) is 32.1 Å². The molecule has 9 nitrogen and oxygen atoms in total. The lowest BCUT2D eigenvalue weighted by Crippen LogP contribution is -2.43. The van der Waals surface area contributed by atoms with Gasteiger partial charge in [0.05, 0.1) is 24.4 Å². The number of rotatable bonds is 12. The fourth-order valence-electron chi connectivity index (χ4n) is 4.47. The fraction of sp³-hybridized carbons (Fsp3) is 0.481. The highest BCUT2D eigenvalue weighted by Gasteiger charge is 2.28. The zero-order valence-corrected chi connectivity index (χ0v) is 24.8. The maximum atomic E-state index is 13.8. The van der Waals surface area contributed by atoms with Crippen LogP contribution in [0.3, 0.4) is 0 Å². The molecule has 2 aromatic rings. The summed E-state index contributed by atoms with van der Waals surface area (Å²) in [5.74, 6) is 0.738. The minimum absolute atomic E-state index is 0. The van der Waals surface area contributed by atoms with Gasteiger partial charge in [0.2, 0.25) is 0 Å². The second-order valence-electron chi connectivity index (χ2n) is 9.53. The smallest absolute Gasteiger partial charge is 0.305 e. The fourth-order valence-corrected chi connectivity index (χ4v) is 6.46. The van der Waals surface area contributed by atoms with Gasteiger partial charge >= 0.3 is 5.97 Å². The van der Waals surface area contributed by atoms with E-state index in [1.807, 2.05) is 24.0 Å². The number of methoxy groups -OCH3 is 1. The van der Waals surface area contributed by atoms with E-state index in [4.69, 9.17) is 32.2 Å². The van der Waals surface area contributed by atoms with Gasteiger partial charge in [-0.1, -0.05) is 30.2 Å². The second-order valence-corrected chi connectivity index (χ2v) is 11.8. The van der Waals surface area contributed by atoms with E-state index in [0.29, 0.717) is 49.6 Å². The molecular formula is C27H38Cl2N4O5S. The summed E-state index contributed by atoms with van der Waals surface area (Å²) in [5.41, 5.74) is 6.96. The number of nitrogens with two attached hydrogens (primary N) is 1. The Hall–Kier alpha value is -2.69. The third kappa shape index (κ3) is 9.19. The van der Waals surface area contributed by atoms with Crippen LogP contribution in [0.5, 0.6) is 5.75 Å². The summed E-state index contributed by atoms with van der Waals surface area (Å²) >= 11 is 6.30. The molecule has 1 aliphatic rings. The first-order valence-corrected chi connectivity index (χ1v) is 14.6. The van der Waals surface area contributed by atoms with Crippen molar-refractivity contribution in [3.8, 4) is 5.75 Å². The molecule has 0 aromatic heterocycles. The van der Waals surface area contributed by atoms with Crippen molar-refractivity contribution in [2.75, 3.05) is 37.7 Å². The average Bonchev–Trinajstić information content (AvgIpc) is 2.89. The van der Waals surface area contributed by atoms with E-state index in [9.17, 15) is 13.2 Å². The van der Waals surface area contributed by atoms with E-state index in [2.05, 4.69) is 0 Å². The van der Waals surface area contributed by atoms with Gasteiger partial charge in [-0.2, -0.15) is 0 Å². The Balaban J connectivity index is 0.00000533. The SMILES string of the molecule is COC(=O)CCCCCN(c1cc(C)cc(OCC2CCN(C(=N)N)CC2)c1)S(=O)(=O)c1ccccc1Cl.Cl. The van der Waals surface area contributed by atoms with Crippen molar-refractivity contribution in [3.05, 3.63) is 53.1 Å². The lowest BCUT2D eigenvalue weighted by atomic mass is 9.98. The molecule has 39 heavy (non-hydrogen) atoms. The van der Waals surface area contributed by atoms with Crippen LogP contribution in [0.4, 0.5) is 5.69 Å². The van der Waals surface area contributed by atoms with Crippen molar-refractivity contribution in [1.82, 2.24) is 4.90 Å². The van der Waals surface area contributed by atoms with Gasteiger partial charge < -0.3 is 20.1 Å². The number of hydrogen-bond donors (Lipinski definition) is 2. The van der Waals surface area contributed by atoms with Crippen molar-refractivity contribution in [1.29, 1.82) is 5.41 Å². The molecule has 0 aliphatic carbocycles. The lowest BCUT2D eigenvalue weighted by Gasteiger charge is -2.32. The number of likely N-dealkylation sites (tertiary alicyclic amines) is 1. The highest BCUT2D eigenvalue weighted by atomic mass is 35.5. The number of ether oxygens (including phenoxy) is 2. The van der Waals surface area contributed by atoms with E-state index in [1.54, 1.807) is 24.3 Å². The van der Waals surface area contributed by atoms with Gasteiger partial charge in [0.1, 0.15) is 10.6 Å². The van der Waals surface area contributed by atoms with Crippen molar-refractivity contribution >= 4 is 51.6 Å². The van der Waals surface area contributed by atoms with Crippen molar-refractivity contribution in [2.24, 2.45) is 11.7 Å². The minimum atomic E-state index is -3.96. The number of halogens is 2. The molecule has 1 fully saturated rings. The summed E-state index contributed by atoms with van der Waals surface area (Å²) in [6.45, 7) is 4.07. The quantitative estimate of drug-likeness (QED) is 0.152. The molecule has 0 amide bonds.